The molecule has 2 heterocycles. The molecule has 8 saturated carbocycles. The molecule has 8 bridgehead atoms. The number of rotatable bonds is 33. The zero-order valence-corrected chi connectivity index (χ0v) is 77.9. The normalized spacial score (nSPS) is 21.8. The Morgan fingerprint density at radius 1 is 0.577 bits per heavy atom. The number of ether oxygens (including phenoxy) is 4. The van der Waals surface area contributed by atoms with Crippen molar-refractivity contribution in [2.45, 2.75) is 270 Å². The summed E-state index contributed by atoms with van der Waals surface area (Å²) >= 11 is 17.7. The number of amides is 4. The molecule has 5 radical (unpaired) electrons. The number of alkyl halides is 6. The third-order valence-electron chi connectivity index (χ3n) is 23.4. The van der Waals surface area contributed by atoms with Crippen molar-refractivity contribution >= 4 is 177 Å². The maximum atomic E-state index is 15.1. The number of imide groups is 2. The number of nitrogens with zero attached hydrogens (tertiary/aromatic N) is 3. The Labute approximate surface area is 753 Å². The van der Waals surface area contributed by atoms with Gasteiger partial charge in [-0.25, -0.2) is 9.59 Å². The molecular formula is C86H125B3Cl3F5N3O18S4Si. The van der Waals surface area contributed by atoms with Gasteiger partial charge in [-0.1, -0.05) is 136 Å². The highest BCUT2D eigenvalue weighted by Gasteiger charge is 2.60. The molecule has 4 aromatic rings. The summed E-state index contributed by atoms with van der Waals surface area (Å²) < 4.78 is 139. The summed E-state index contributed by atoms with van der Waals surface area (Å²) in [7, 11) is -3.62. The van der Waals surface area contributed by atoms with E-state index in [9.17, 15) is 73.1 Å². The minimum atomic E-state index is -6.28. The first-order valence-electron chi connectivity index (χ1n) is 41.7. The maximum absolute atomic E-state index is 15.1. The Balaban J connectivity index is 0.000000367. The third-order valence-corrected chi connectivity index (χ3v) is 27.4. The average molecular weight is 1880 g/mol. The Bertz CT molecular complexity index is 4320. The first-order valence-corrected chi connectivity index (χ1v) is 52.1. The van der Waals surface area contributed by atoms with Gasteiger partial charge in [-0.2, -0.15) is 45.5 Å². The van der Waals surface area contributed by atoms with E-state index in [-0.39, 0.29) is 105 Å². The Kier molecular flexibility index (Phi) is 44.5. The molecule has 2 atom stereocenters. The van der Waals surface area contributed by atoms with E-state index >= 15 is 8.78 Å². The van der Waals surface area contributed by atoms with E-state index < -0.39 is 79.8 Å². The van der Waals surface area contributed by atoms with Crippen LogP contribution in [0.4, 0.5) is 21.4 Å². The number of hydrogen-bond donors (Lipinski definition) is 1. The Hall–Kier alpha value is -5.03. The van der Waals surface area contributed by atoms with Crippen LogP contribution in [0.15, 0.2) is 70.5 Å². The van der Waals surface area contributed by atoms with Crippen molar-refractivity contribution in [2.24, 2.45) is 58.2 Å². The van der Waals surface area contributed by atoms with Crippen LogP contribution in [-0.2, 0) is 62.8 Å². The van der Waals surface area contributed by atoms with Gasteiger partial charge in [0.25, 0.3) is 23.6 Å². The number of halogens is 8. The lowest BCUT2D eigenvalue weighted by Gasteiger charge is -2.57. The number of unbranched alkanes of at least 4 members (excludes halogenated alkanes) is 2. The fourth-order valence-electron chi connectivity index (χ4n) is 18.8. The zero-order valence-electron chi connectivity index (χ0n) is 71.4. The second-order valence-electron chi connectivity index (χ2n) is 34.3. The van der Waals surface area contributed by atoms with Gasteiger partial charge < -0.3 is 18.9 Å². The largest absolute Gasteiger partial charge is 0.470 e. The molecular weight excluding hydrogens is 1750 g/mol. The molecule has 37 heteroatoms. The van der Waals surface area contributed by atoms with Gasteiger partial charge in [-0.15, -0.1) is 61.1 Å². The molecule has 1 N–H and O–H groups in total. The molecule has 2 unspecified atom stereocenters. The Morgan fingerprint density at radius 2 is 0.894 bits per heavy atom. The minimum Gasteiger partial charge on any atom is -0.465 e. The molecule has 14 rings (SSSR count). The second kappa shape index (κ2) is 49.7. The van der Waals surface area contributed by atoms with Crippen LogP contribution in [0.25, 0.3) is 21.5 Å². The summed E-state index contributed by atoms with van der Waals surface area (Å²) in [6, 6.07) is 17.0. The number of carbonyl (C=O) groups is 8. The van der Waals surface area contributed by atoms with Crippen LogP contribution in [0.2, 0.25) is 19.6 Å². The maximum Gasteiger partial charge on any atom is 0.470 e. The van der Waals surface area contributed by atoms with Crippen LogP contribution in [0.1, 0.15) is 260 Å². The number of hydrogen-bond acceptors (Lipinski definition) is 21. The summed E-state index contributed by atoms with van der Waals surface area (Å²) in [6.45, 7) is 27.1. The topological polar surface area (TPSA) is 281 Å². The van der Waals surface area contributed by atoms with Crippen molar-refractivity contribution in [3.05, 3.63) is 82.9 Å². The minimum absolute atomic E-state index is 0. The van der Waals surface area contributed by atoms with Crippen LogP contribution in [0, 0.1) is 58.2 Å². The van der Waals surface area contributed by atoms with Gasteiger partial charge in [0.1, 0.15) is 7.38 Å². The highest BCUT2D eigenvalue weighted by atomic mass is 35.6. The summed E-state index contributed by atoms with van der Waals surface area (Å²) in [5, 5.41) is 1.29. The van der Waals surface area contributed by atoms with Crippen LogP contribution in [0.5, 0.6) is 0 Å². The van der Waals surface area contributed by atoms with Crippen molar-refractivity contribution in [1.29, 1.82) is 0 Å². The van der Waals surface area contributed by atoms with Crippen molar-refractivity contribution in [1.82, 2.24) is 15.0 Å². The molecule has 10 aliphatic rings. The molecule has 685 valence electrons. The summed E-state index contributed by atoms with van der Waals surface area (Å²) in [6.07, 6.45) is 22.2. The summed E-state index contributed by atoms with van der Waals surface area (Å²) in [5.41, 5.74) is 0.117. The van der Waals surface area contributed by atoms with E-state index in [0.717, 1.165) is 120 Å². The van der Waals surface area contributed by atoms with E-state index in [1.807, 2.05) is 13.0 Å². The summed E-state index contributed by atoms with van der Waals surface area (Å²) in [5.74, 6) is -4.85. The van der Waals surface area contributed by atoms with E-state index in [0.29, 0.717) is 101 Å². The summed E-state index contributed by atoms with van der Waals surface area (Å²) in [4.78, 5) is 103. The number of benzene rings is 4. The molecule has 123 heavy (non-hydrogen) atoms. The van der Waals surface area contributed by atoms with Crippen molar-refractivity contribution < 1.29 is 105 Å². The first kappa shape index (κ1) is 110. The molecule has 0 spiro atoms. The van der Waals surface area contributed by atoms with Crippen molar-refractivity contribution in [2.75, 3.05) is 49.8 Å². The SMILES string of the molecule is C.C.CCCCC(CC)COC(=O)CSc1ccc2c3c(cccc13)C(=O)N(O)C2=O.CCCCC(CC)COC(=O)CSc1ccc2c3c(cccc13)C(=O)N(OS(=O)(=O)C(F)(F)C(=O)OCCC13CC4CC(CC(C4)C1)C3)C2=O.CCN(C(C)C)C(C)C.C[Si](C)(C)Cl.ClCCl.O=C(OCCC12CC3CC(CC(C3)C1)C2)C(F)(F)S(=O)(=O)F.[B][B][B]. The van der Waals surface area contributed by atoms with Gasteiger partial charge >= 0.3 is 54.7 Å². The van der Waals surface area contributed by atoms with Crippen LogP contribution in [-0.4, -0.2) is 187 Å². The predicted octanol–water partition coefficient (Wildman–Crippen LogP) is 20.7. The number of thioether (sulfide) groups is 2. The van der Waals surface area contributed by atoms with Crippen LogP contribution in [0.3, 0.4) is 0 Å². The van der Waals surface area contributed by atoms with Crippen molar-refractivity contribution in [3.63, 3.8) is 0 Å². The molecule has 8 aliphatic carbocycles. The molecule has 0 saturated heterocycles. The average Bonchev–Trinajstić information content (AvgIpc) is 1.48. The van der Waals surface area contributed by atoms with Gasteiger partial charge in [0, 0.05) is 55.2 Å². The second-order valence-corrected chi connectivity index (χ2v) is 47.6. The lowest BCUT2D eigenvalue weighted by Crippen LogP contribution is -2.48. The number of carbonyl (C=O) groups excluding carboxylic acids is 8. The van der Waals surface area contributed by atoms with E-state index in [2.05, 4.69) is 104 Å². The fourth-order valence-corrected chi connectivity index (χ4v) is 21.4. The van der Waals surface area contributed by atoms with E-state index in [1.54, 1.807) is 30.3 Å². The van der Waals surface area contributed by atoms with Gasteiger partial charge in [-0.05, 0) is 242 Å². The molecule has 0 aromatic heterocycles. The molecule has 4 amide bonds. The molecule has 21 nitrogen and oxygen atoms in total. The zero-order chi connectivity index (χ0) is 90.3. The van der Waals surface area contributed by atoms with Gasteiger partial charge in [-0.3, -0.25) is 38.9 Å². The van der Waals surface area contributed by atoms with Gasteiger partial charge in [0.15, 0.2) is 0 Å². The van der Waals surface area contributed by atoms with E-state index in [4.69, 9.17) is 48.5 Å². The van der Waals surface area contributed by atoms with E-state index in [1.165, 1.54) is 74.6 Å². The molecule has 2 aliphatic heterocycles. The standard InChI is InChI=1S/C36H43F2NO9S2.C22H25NO5S.C14H19F3O4S.C8H19N.C3H9ClSi.CH2Cl2.2CH4.B3/c1-3-5-7-22(4-2)20-47-30(40)21-49-29-11-10-28-31-26(29)8-6-9-27(31)32(41)39(33(28)42)48-50(44,45)36(37,38)34(43)46-13-12-35-17-23-14-24(18-35)16-25(15-23)19-35;1-3-5-7-14(4-2)12-28-19(24)13-29-18-11-10-17-20-15(18)8-6-9-16(20)21(25)23(27)22(17)26;15-14(16,22(17,19)20)12(18)21-2-1-13-6-9-3-10(7-13)5-11(4-9)8-13;1-6-9(7(2)3)8(4)5;1-5(2,3)4;2-1-3;;;1-3-2/h6,8-11,22-25H,3-5,7,12-21H2,1-2H3;6,8-11,14,27H,3-5,7,12-13H2,1-2H3;9-11H,1-8H2;7-8H,6H2,1-5H3;1-3H3;1H2;2*1H4;. The Morgan fingerprint density at radius 3 is 1.20 bits per heavy atom. The number of esters is 4. The first-order chi connectivity index (χ1) is 56.8. The predicted molar refractivity (Wildman–Crippen MR) is 482 cm³/mol. The highest BCUT2D eigenvalue weighted by Crippen LogP contribution is 2.63. The van der Waals surface area contributed by atoms with Gasteiger partial charge in [0.2, 0.25) is 0 Å². The highest BCUT2D eigenvalue weighted by molar-refractivity contribution is 8.00. The van der Waals surface area contributed by atoms with Crippen LogP contribution < -0.4 is 0 Å². The monoisotopic (exact) mass is 1880 g/mol. The van der Waals surface area contributed by atoms with Gasteiger partial charge in [0.05, 0.1) is 65.5 Å². The lowest BCUT2D eigenvalue weighted by atomic mass is 9.40. The van der Waals surface area contributed by atoms with Crippen molar-refractivity contribution in [3.8, 4) is 0 Å². The molecule has 4 aromatic carbocycles. The third kappa shape index (κ3) is 30.3. The molecule has 8 fully saturated rings. The lowest BCUT2D eigenvalue weighted by molar-refractivity contribution is -0.165. The van der Waals surface area contributed by atoms with Crippen LogP contribution >= 0.6 is 57.8 Å². The quantitative estimate of drug-likeness (QED) is 0.00443. The smallest absolute Gasteiger partial charge is 0.465 e. The number of hydroxylamine groups is 4. The fraction of sp³-hybridized carbons (Fsp3) is 0.674.